The van der Waals surface area contributed by atoms with Gasteiger partial charge < -0.3 is 15.7 Å². The lowest BCUT2D eigenvalue weighted by Gasteiger charge is -2.19. The van der Waals surface area contributed by atoms with Gasteiger partial charge in [-0.25, -0.2) is 9.69 Å². The molecule has 3 N–H and O–H groups in total. The molecule has 0 bridgehead atoms. The second-order valence-electron chi connectivity index (χ2n) is 6.00. The number of urea groups is 1. The highest BCUT2D eigenvalue weighted by Crippen LogP contribution is 2.28. The van der Waals surface area contributed by atoms with Crippen molar-refractivity contribution < 1.29 is 24.3 Å². The minimum absolute atomic E-state index is 0.139. The lowest BCUT2D eigenvalue weighted by molar-refractivity contribution is -0.123. The van der Waals surface area contributed by atoms with Crippen molar-refractivity contribution in [2.75, 3.05) is 29.9 Å². The van der Waals surface area contributed by atoms with Gasteiger partial charge in [-0.1, -0.05) is 12.1 Å². The highest BCUT2D eigenvalue weighted by Gasteiger charge is 2.37. The summed E-state index contributed by atoms with van der Waals surface area (Å²) < 4.78 is 0. The predicted molar refractivity (Wildman–Crippen MR) is 94.9 cm³/mol. The number of carboxylic acid groups (broad SMARTS) is 1. The molecule has 140 valence electrons. The van der Waals surface area contributed by atoms with E-state index in [1.165, 1.54) is 0 Å². The number of imide groups is 1. The van der Waals surface area contributed by atoms with Crippen LogP contribution in [0.3, 0.4) is 0 Å². The first-order valence-corrected chi connectivity index (χ1v) is 8.31. The van der Waals surface area contributed by atoms with E-state index in [2.05, 4.69) is 15.5 Å². The van der Waals surface area contributed by atoms with Gasteiger partial charge in [0.15, 0.2) is 0 Å². The van der Waals surface area contributed by atoms with Crippen molar-refractivity contribution in [2.24, 2.45) is 0 Å². The average molecular weight is 362 g/mol. The Labute approximate surface area is 150 Å². The van der Waals surface area contributed by atoms with E-state index < -0.39 is 12.1 Å². The number of anilines is 2. The zero-order chi connectivity index (χ0) is 19.1. The maximum absolute atomic E-state index is 12.2. The van der Waals surface area contributed by atoms with Crippen molar-refractivity contribution in [1.29, 1.82) is 0 Å². The van der Waals surface area contributed by atoms with E-state index >= 15 is 0 Å². The van der Waals surface area contributed by atoms with Crippen LogP contribution in [0, 0.1) is 0 Å². The molecule has 26 heavy (non-hydrogen) atoms. The van der Waals surface area contributed by atoms with E-state index in [0.29, 0.717) is 17.9 Å². The lowest BCUT2D eigenvalue weighted by atomic mass is 10.2. The summed E-state index contributed by atoms with van der Waals surface area (Å²) in [5.41, 5.74) is 0.864. The van der Waals surface area contributed by atoms with Gasteiger partial charge in [-0.3, -0.25) is 19.3 Å². The third kappa shape index (κ3) is 4.57. The van der Waals surface area contributed by atoms with Crippen molar-refractivity contribution in [3.05, 3.63) is 24.3 Å². The van der Waals surface area contributed by atoms with Gasteiger partial charge >= 0.3 is 6.03 Å². The summed E-state index contributed by atoms with van der Waals surface area (Å²) in [5, 5.41) is 12.3. The Morgan fingerprint density at radius 1 is 1.31 bits per heavy atom. The number of hydrogen-bond donors (Lipinski definition) is 3. The van der Waals surface area contributed by atoms with Crippen LogP contribution >= 0.6 is 0 Å². The average Bonchev–Trinajstić information content (AvgIpc) is 3.18. The van der Waals surface area contributed by atoms with Gasteiger partial charge in [-0.05, 0) is 45.0 Å². The van der Waals surface area contributed by atoms with Crippen LogP contribution in [-0.2, 0) is 14.4 Å². The first-order chi connectivity index (χ1) is 12.5. The number of likely N-dealkylation sites (tertiary alicyclic amines) is 1. The highest BCUT2D eigenvalue weighted by atomic mass is 16.3. The normalized spacial score (nSPS) is 19.6. The van der Waals surface area contributed by atoms with Gasteiger partial charge in [0.25, 0.3) is 12.4 Å². The first-order valence-electron chi connectivity index (χ1n) is 8.31. The maximum Gasteiger partial charge on any atom is 0.329 e. The van der Waals surface area contributed by atoms with Crippen molar-refractivity contribution in [1.82, 2.24) is 10.2 Å². The van der Waals surface area contributed by atoms with E-state index in [-0.39, 0.29) is 18.3 Å². The monoisotopic (exact) mass is 362 g/mol. The Balaban J connectivity index is 0.000000758. The van der Waals surface area contributed by atoms with Crippen molar-refractivity contribution in [3.8, 4) is 0 Å². The van der Waals surface area contributed by atoms with Crippen LogP contribution in [0.4, 0.5) is 16.2 Å². The third-order valence-corrected chi connectivity index (χ3v) is 4.12. The minimum atomic E-state index is -0.559. The van der Waals surface area contributed by atoms with Crippen LogP contribution in [0.15, 0.2) is 24.3 Å². The third-order valence-electron chi connectivity index (χ3n) is 4.12. The van der Waals surface area contributed by atoms with E-state index in [1.54, 1.807) is 31.2 Å². The molecule has 2 heterocycles. The molecular formula is C17H22N4O5. The van der Waals surface area contributed by atoms with Gasteiger partial charge in [-0.15, -0.1) is 0 Å². The second-order valence-corrected chi connectivity index (χ2v) is 6.00. The summed E-state index contributed by atoms with van der Waals surface area (Å²) in [4.78, 5) is 47.9. The van der Waals surface area contributed by atoms with Gasteiger partial charge in [-0.2, -0.15) is 0 Å². The fourth-order valence-corrected chi connectivity index (χ4v) is 2.94. The summed E-state index contributed by atoms with van der Waals surface area (Å²) in [5.74, 6) is -0.462. The van der Waals surface area contributed by atoms with Gasteiger partial charge in [0.2, 0.25) is 5.91 Å². The standard InChI is InChI=1S/C16H20N4O3.CH2O2/c1-11-15(22)20(16(23)17-11)13-7-3-2-6-12(13)18-14(21)10-19-8-4-5-9-19;2-1-3/h2-3,6-7,11H,4-5,8-10H2,1H3,(H,17,23)(H,18,21);1H,(H,2,3). The number of amides is 4. The first kappa shape index (κ1) is 19.4. The summed E-state index contributed by atoms with van der Waals surface area (Å²) in [7, 11) is 0. The van der Waals surface area contributed by atoms with Crippen molar-refractivity contribution in [2.45, 2.75) is 25.8 Å². The topological polar surface area (TPSA) is 119 Å². The Morgan fingerprint density at radius 2 is 1.92 bits per heavy atom. The molecule has 9 nitrogen and oxygen atoms in total. The fraction of sp³-hybridized carbons (Fsp3) is 0.412. The Bertz CT molecular complexity index is 687. The molecule has 1 atom stereocenters. The molecule has 3 rings (SSSR count). The van der Waals surface area contributed by atoms with Crippen LogP contribution in [0.25, 0.3) is 0 Å². The second kappa shape index (κ2) is 8.95. The zero-order valence-corrected chi connectivity index (χ0v) is 14.5. The number of hydrogen-bond acceptors (Lipinski definition) is 5. The molecule has 0 aliphatic carbocycles. The van der Waals surface area contributed by atoms with Crippen molar-refractivity contribution >= 4 is 35.7 Å². The van der Waals surface area contributed by atoms with E-state index in [0.717, 1.165) is 30.8 Å². The number of carbonyl (C=O) groups is 4. The zero-order valence-electron chi connectivity index (χ0n) is 14.5. The SMILES string of the molecule is CC1NC(=O)N(c2ccccc2NC(=O)CN2CCCC2)C1=O.O=CO. The summed E-state index contributed by atoms with van der Waals surface area (Å²) in [6, 6.07) is 5.81. The summed E-state index contributed by atoms with van der Waals surface area (Å²) in [6.07, 6.45) is 2.23. The number of nitrogens with zero attached hydrogens (tertiary/aromatic N) is 2. The summed E-state index contributed by atoms with van der Waals surface area (Å²) in [6.45, 7) is 3.57. The van der Waals surface area contributed by atoms with Crippen LogP contribution in [-0.4, -0.2) is 60.0 Å². The van der Waals surface area contributed by atoms with Gasteiger partial charge in [0, 0.05) is 0 Å². The number of rotatable bonds is 4. The molecule has 2 aliphatic rings. The lowest BCUT2D eigenvalue weighted by Crippen LogP contribution is -2.34. The Morgan fingerprint density at radius 3 is 2.50 bits per heavy atom. The molecule has 2 fully saturated rings. The molecular weight excluding hydrogens is 340 g/mol. The molecule has 1 aromatic carbocycles. The van der Waals surface area contributed by atoms with Crippen LogP contribution in [0.2, 0.25) is 0 Å². The number of nitrogens with one attached hydrogen (secondary N) is 2. The smallest absolute Gasteiger partial charge is 0.329 e. The molecule has 2 aliphatic heterocycles. The molecule has 1 aromatic rings. The molecule has 2 saturated heterocycles. The predicted octanol–water partition coefficient (Wildman–Crippen LogP) is 0.866. The largest absolute Gasteiger partial charge is 0.483 e. The van der Waals surface area contributed by atoms with E-state index in [4.69, 9.17) is 9.90 Å². The molecule has 0 aromatic heterocycles. The molecule has 0 saturated carbocycles. The maximum atomic E-state index is 12.2. The number of carbonyl (C=O) groups excluding carboxylic acids is 3. The van der Waals surface area contributed by atoms with Gasteiger partial charge in [0.1, 0.15) is 6.04 Å². The Hall–Kier alpha value is -2.94. The number of para-hydroxylation sites is 2. The molecule has 1 unspecified atom stereocenters. The highest BCUT2D eigenvalue weighted by molar-refractivity contribution is 6.23. The molecule has 0 spiro atoms. The van der Waals surface area contributed by atoms with E-state index in [9.17, 15) is 14.4 Å². The van der Waals surface area contributed by atoms with Crippen molar-refractivity contribution in [3.63, 3.8) is 0 Å². The van der Waals surface area contributed by atoms with Crippen LogP contribution < -0.4 is 15.5 Å². The molecule has 4 amide bonds. The molecule has 0 radical (unpaired) electrons. The van der Waals surface area contributed by atoms with Gasteiger partial charge in [0.05, 0.1) is 17.9 Å². The van der Waals surface area contributed by atoms with Crippen LogP contribution in [0.5, 0.6) is 0 Å². The van der Waals surface area contributed by atoms with E-state index in [1.807, 2.05) is 0 Å². The number of benzene rings is 1. The fourth-order valence-electron chi connectivity index (χ4n) is 2.94. The Kier molecular flexibility index (Phi) is 6.67. The van der Waals surface area contributed by atoms with Crippen LogP contribution in [0.1, 0.15) is 19.8 Å². The summed E-state index contributed by atoms with van der Waals surface area (Å²) >= 11 is 0. The minimum Gasteiger partial charge on any atom is -0.483 e. The molecule has 9 heteroatoms. The quantitative estimate of drug-likeness (QED) is 0.540.